The minimum atomic E-state index is -0.624. The zero-order valence-corrected chi connectivity index (χ0v) is 13.5. The summed E-state index contributed by atoms with van der Waals surface area (Å²) in [6.45, 7) is 0. The van der Waals surface area contributed by atoms with Crippen molar-refractivity contribution in [2.45, 2.75) is 0 Å². The van der Waals surface area contributed by atoms with E-state index < -0.39 is 11.8 Å². The molecule has 0 radical (unpaired) electrons. The van der Waals surface area contributed by atoms with Crippen LogP contribution in [0.4, 0.5) is 11.4 Å². The Morgan fingerprint density at radius 3 is 1.42 bits per heavy atom. The summed E-state index contributed by atoms with van der Waals surface area (Å²) in [6, 6.07) is 15.4. The number of nitrogens with zero attached hydrogens (tertiary/aromatic N) is 2. The maximum atomic E-state index is 12.3. The molecule has 2 N–H and O–H groups in total. The monoisotopic (exact) mass is 350 g/mol. The molecule has 0 unspecified atom stereocenters. The van der Waals surface area contributed by atoms with Gasteiger partial charge in [-0.05, 0) is 24.3 Å². The van der Waals surface area contributed by atoms with Crippen LogP contribution in [0.2, 0.25) is 0 Å². The Morgan fingerprint density at radius 2 is 1.04 bits per heavy atom. The van der Waals surface area contributed by atoms with Crippen molar-refractivity contribution in [3.8, 4) is 0 Å². The lowest BCUT2D eigenvalue weighted by molar-refractivity contribution is -0.607. The van der Waals surface area contributed by atoms with E-state index in [1.165, 1.54) is 36.7 Å². The molecule has 3 rings (SSSR count). The lowest BCUT2D eigenvalue weighted by Crippen LogP contribution is -2.37. The fourth-order valence-corrected chi connectivity index (χ4v) is 2.28. The van der Waals surface area contributed by atoms with Crippen molar-refractivity contribution in [3.63, 3.8) is 0 Å². The molecule has 0 fully saturated rings. The summed E-state index contributed by atoms with van der Waals surface area (Å²) in [7, 11) is 0. The lowest BCUT2D eigenvalue weighted by Gasteiger charge is -2.12. The molecule has 2 amide bonds. The SMILES string of the molecule is O=C(Nc1ccccc1NC(=O)c1cccc[n+]1[O-])c1cccc[n+]1[O-]. The molecule has 0 saturated heterocycles. The molecule has 2 aromatic heterocycles. The fraction of sp³-hybridized carbons (Fsp3) is 0. The van der Waals surface area contributed by atoms with Gasteiger partial charge >= 0.3 is 11.8 Å². The van der Waals surface area contributed by atoms with Crippen LogP contribution in [-0.4, -0.2) is 11.8 Å². The van der Waals surface area contributed by atoms with E-state index in [1.807, 2.05) is 0 Å². The highest BCUT2D eigenvalue weighted by molar-refractivity contribution is 6.08. The van der Waals surface area contributed by atoms with Crippen molar-refractivity contribution in [3.05, 3.63) is 94.9 Å². The third-order valence-electron chi connectivity index (χ3n) is 3.54. The van der Waals surface area contributed by atoms with Crippen molar-refractivity contribution in [2.75, 3.05) is 10.6 Å². The number of rotatable bonds is 4. The van der Waals surface area contributed by atoms with Gasteiger partial charge in [-0.3, -0.25) is 9.59 Å². The van der Waals surface area contributed by atoms with Gasteiger partial charge in [0.2, 0.25) is 0 Å². The van der Waals surface area contributed by atoms with Crippen molar-refractivity contribution in [1.82, 2.24) is 0 Å². The van der Waals surface area contributed by atoms with Crippen LogP contribution in [-0.2, 0) is 0 Å². The molecule has 2 heterocycles. The zero-order chi connectivity index (χ0) is 18.5. The molecule has 0 saturated carbocycles. The zero-order valence-electron chi connectivity index (χ0n) is 13.5. The Hall–Kier alpha value is -3.94. The van der Waals surface area contributed by atoms with E-state index in [0.29, 0.717) is 20.8 Å². The van der Waals surface area contributed by atoms with Crippen LogP contribution in [0.15, 0.2) is 73.1 Å². The first kappa shape index (κ1) is 16.9. The maximum Gasteiger partial charge on any atom is 0.321 e. The van der Waals surface area contributed by atoms with Crippen molar-refractivity contribution in [2.24, 2.45) is 0 Å². The highest BCUT2D eigenvalue weighted by Gasteiger charge is 2.19. The molecule has 0 aliphatic heterocycles. The van der Waals surface area contributed by atoms with E-state index in [0.717, 1.165) is 0 Å². The van der Waals surface area contributed by atoms with Crippen LogP contribution in [0.3, 0.4) is 0 Å². The van der Waals surface area contributed by atoms with Gasteiger partial charge in [0.15, 0.2) is 12.4 Å². The molecule has 0 aliphatic carbocycles. The smallest absolute Gasteiger partial charge is 0.321 e. The van der Waals surface area contributed by atoms with Crippen molar-refractivity contribution >= 4 is 23.2 Å². The van der Waals surface area contributed by atoms with Crippen molar-refractivity contribution < 1.29 is 19.0 Å². The van der Waals surface area contributed by atoms with Gasteiger partial charge in [-0.2, -0.15) is 9.46 Å². The van der Waals surface area contributed by atoms with Gasteiger partial charge in [0.05, 0.1) is 11.4 Å². The highest BCUT2D eigenvalue weighted by Crippen LogP contribution is 2.22. The van der Waals surface area contributed by atoms with Gasteiger partial charge in [-0.25, -0.2) is 0 Å². The van der Waals surface area contributed by atoms with Crippen LogP contribution in [0, 0.1) is 10.4 Å². The summed E-state index contributed by atoms with van der Waals surface area (Å²) in [4.78, 5) is 24.6. The number of carbonyl (C=O) groups is 2. The Bertz CT molecular complexity index is 896. The minimum Gasteiger partial charge on any atom is -0.618 e. The maximum absolute atomic E-state index is 12.3. The normalized spacial score (nSPS) is 10.2. The predicted molar refractivity (Wildman–Crippen MR) is 93.2 cm³/mol. The van der Waals surface area contributed by atoms with E-state index in [1.54, 1.807) is 36.4 Å². The van der Waals surface area contributed by atoms with Gasteiger partial charge in [0, 0.05) is 24.3 Å². The average molecular weight is 350 g/mol. The van der Waals surface area contributed by atoms with Crippen molar-refractivity contribution in [1.29, 1.82) is 0 Å². The molecule has 130 valence electrons. The molecule has 26 heavy (non-hydrogen) atoms. The third-order valence-corrected chi connectivity index (χ3v) is 3.54. The van der Waals surface area contributed by atoms with Gasteiger partial charge < -0.3 is 21.0 Å². The Labute approximate surface area is 148 Å². The number of benzene rings is 1. The number of hydrogen-bond donors (Lipinski definition) is 2. The predicted octanol–water partition coefficient (Wildman–Crippen LogP) is 1.46. The first-order valence-electron chi connectivity index (χ1n) is 7.64. The van der Waals surface area contributed by atoms with Crippen LogP contribution in [0.1, 0.15) is 21.0 Å². The summed E-state index contributed by atoms with van der Waals surface area (Å²) in [6.07, 6.45) is 2.43. The Balaban J connectivity index is 1.83. The quantitative estimate of drug-likeness (QED) is 0.548. The van der Waals surface area contributed by atoms with Crippen LogP contribution >= 0.6 is 0 Å². The molecule has 8 heteroatoms. The first-order valence-corrected chi connectivity index (χ1v) is 7.64. The number of para-hydroxylation sites is 2. The number of anilines is 2. The molecular formula is C18H14N4O4. The molecule has 1 aromatic carbocycles. The first-order chi connectivity index (χ1) is 12.6. The largest absolute Gasteiger partial charge is 0.618 e. The number of amides is 2. The Morgan fingerprint density at radius 1 is 0.654 bits per heavy atom. The van der Waals surface area contributed by atoms with E-state index in [4.69, 9.17) is 0 Å². The van der Waals surface area contributed by atoms with Crippen LogP contribution in [0.25, 0.3) is 0 Å². The second-order valence-corrected chi connectivity index (χ2v) is 5.28. The van der Waals surface area contributed by atoms with Gasteiger partial charge in [0.1, 0.15) is 0 Å². The van der Waals surface area contributed by atoms with Gasteiger partial charge in [-0.15, -0.1) is 0 Å². The van der Waals surface area contributed by atoms with E-state index in [9.17, 15) is 20.0 Å². The third kappa shape index (κ3) is 3.59. The lowest BCUT2D eigenvalue weighted by atomic mass is 10.2. The molecule has 3 aromatic rings. The van der Waals surface area contributed by atoms with Crippen LogP contribution < -0.4 is 20.1 Å². The Kier molecular flexibility index (Phi) is 4.75. The number of pyridine rings is 2. The summed E-state index contributed by atoms with van der Waals surface area (Å²) in [5, 5.41) is 28.5. The number of aromatic nitrogens is 2. The van der Waals surface area contributed by atoms with Gasteiger partial charge in [0.25, 0.3) is 11.4 Å². The molecule has 8 nitrogen and oxygen atoms in total. The minimum absolute atomic E-state index is 0.0888. The summed E-state index contributed by atoms with van der Waals surface area (Å²) < 4.78 is 0.891. The number of carbonyl (C=O) groups excluding carboxylic acids is 2. The molecular weight excluding hydrogens is 336 g/mol. The molecule has 0 atom stereocenters. The van der Waals surface area contributed by atoms with Gasteiger partial charge in [-0.1, -0.05) is 12.1 Å². The summed E-state index contributed by atoms with van der Waals surface area (Å²) in [5.41, 5.74) is 0.411. The second-order valence-electron chi connectivity index (χ2n) is 5.28. The fourth-order valence-electron chi connectivity index (χ4n) is 2.28. The van der Waals surface area contributed by atoms with E-state index in [2.05, 4.69) is 10.6 Å². The average Bonchev–Trinajstić information content (AvgIpc) is 2.64. The number of hydrogen-bond acceptors (Lipinski definition) is 4. The molecule has 0 aliphatic rings. The molecule has 0 bridgehead atoms. The standard InChI is InChI=1S/C18H14N4O4/c23-17(15-9-3-5-11-21(15)25)19-13-7-1-2-8-14(13)20-18(24)16-10-4-6-12-22(16)26/h1-12H,(H,19,23)(H,20,24). The highest BCUT2D eigenvalue weighted by atomic mass is 16.5. The van der Waals surface area contributed by atoms with E-state index >= 15 is 0 Å². The summed E-state index contributed by atoms with van der Waals surface area (Å²) in [5.74, 6) is -1.25. The summed E-state index contributed by atoms with van der Waals surface area (Å²) >= 11 is 0. The van der Waals surface area contributed by atoms with E-state index in [-0.39, 0.29) is 11.4 Å². The topological polar surface area (TPSA) is 112 Å². The second kappa shape index (κ2) is 7.31. The van der Waals surface area contributed by atoms with Crippen LogP contribution in [0.5, 0.6) is 0 Å². The number of nitrogens with one attached hydrogen (secondary N) is 2. The molecule has 0 spiro atoms.